The van der Waals surface area contributed by atoms with Crippen LogP contribution in [0.3, 0.4) is 0 Å². The summed E-state index contributed by atoms with van der Waals surface area (Å²) in [5.74, 6) is -0.701. The van der Waals surface area contributed by atoms with Crippen molar-refractivity contribution in [2.75, 3.05) is 23.3 Å². The van der Waals surface area contributed by atoms with Crippen molar-refractivity contribution in [2.45, 2.75) is 26.9 Å². The van der Waals surface area contributed by atoms with E-state index >= 15 is 0 Å². The van der Waals surface area contributed by atoms with Crippen molar-refractivity contribution in [3.63, 3.8) is 0 Å². The summed E-state index contributed by atoms with van der Waals surface area (Å²) in [4.78, 5) is 11.8. The fourth-order valence-corrected chi connectivity index (χ4v) is 3.28. The van der Waals surface area contributed by atoms with Gasteiger partial charge in [0, 0.05) is 19.3 Å². The van der Waals surface area contributed by atoms with Crippen LogP contribution in [0.4, 0.5) is 11.4 Å². The van der Waals surface area contributed by atoms with E-state index in [2.05, 4.69) is 50.4 Å². The second-order valence-corrected chi connectivity index (χ2v) is 8.77. The molecule has 0 aliphatic rings. The van der Waals surface area contributed by atoms with E-state index in [0.29, 0.717) is 5.69 Å². The van der Waals surface area contributed by atoms with Crippen LogP contribution >= 0.6 is 0 Å². The molecule has 0 spiro atoms. The van der Waals surface area contributed by atoms with Gasteiger partial charge in [-0.3, -0.25) is 14.0 Å². The number of nitrogens with zero attached hydrogens (tertiary/aromatic N) is 2. The molecule has 11 heteroatoms. The van der Waals surface area contributed by atoms with E-state index in [9.17, 15) is 13.2 Å². The second-order valence-electron chi connectivity index (χ2n) is 7.28. The van der Waals surface area contributed by atoms with Crippen molar-refractivity contribution in [3.8, 4) is 5.69 Å². The van der Waals surface area contributed by atoms with E-state index in [1.807, 2.05) is 44.3 Å². The van der Waals surface area contributed by atoms with Gasteiger partial charge in [-0.25, -0.2) is 4.68 Å². The molecule has 9 nitrogen and oxygen atoms in total. The van der Waals surface area contributed by atoms with Crippen LogP contribution in [0, 0.1) is 20.8 Å². The van der Waals surface area contributed by atoms with E-state index in [1.165, 1.54) is 11.3 Å². The maximum atomic E-state index is 11.8. The Morgan fingerprint density at radius 1 is 1.12 bits per heavy atom. The summed E-state index contributed by atoms with van der Waals surface area (Å²) in [7, 11) is -2.22. The number of nitrogens with one attached hydrogen (secondary N) is 1. The first-order chi connectivity index (χ1) is 15.4. The normalized spacial score (nSPS) is 11.1. The van der Waals surface area contributed by atoms with Crippen molar-refractivity contribution >= 4 is 21.5 Å². The smallest absolute Gasteiger partial charge is 0.424 e. The number of benzene rings is 2. The third-order valence-electron chi connectivity index (χ3n) is 4.40. The number of aromatic nitrogens is 2. The summed E-state index contributed by atoms with van der Waals surface area (Å²) in [6.07, 6.45) is -1.25. The molecule has 1 aromatic heterocycles. The van der Waals surface area contributed by atoms with Gasteiger partial charge in [0.15, 0.2) is 0 Å². The van der Waals surface area contributed by atoms with Gasteiger partial charge in [-0.1, -0.05) is 36.4 Å². The van der Waals surface area contributed by atoms with Crippen LogP contribution in [0.1, 0.15) is 18.2 Å². The Labute approximate surface area is 223 Å². The van der Waals surface area contributed by atoms with Crippen LogP contribution in [0.2, 0.25) is 0 Å². The number of aliphatic hydroxyl groups excluding tert-OH is 1. The van der Waals surface area contributed by atoms with Gasteiger partial charge in [-0.05, 0) is 50.6 Å². The van der Waals surface area contributed by atoms with Crippen LogP contribution in [-0.2, 0) is 17.2 Å². The number of aryl methyl sites for hydroxylation is 1. The van der Waals surface area contributed by atoms with Gasteiger partial charge in [0.25, 0.3) is 15.7 Å². The number of hydrogen-bond acceptors (Lipinski definition) is 6. The number of aliphatic hydroxyl groups is 1. The topological polar surface area (TPSA) is 140 Å². The molecule has 0 bridgehead atoms. The van der Waals surface area contributed by atoms with Crippen molar-refractivity contribution in [2.24, 2.45) is 7.05 Å². The Morgan fingerprint density at radius 3 is 2.09 bits per heavy atom. The fourth-order valence-electron chi connectivity index (χ4n) is 2.79. The molecular formula is C23H33N4NaO5S. The number of para-hydroxylation sites is 1. The van der Waals surface area contributed by atoms with Crippen LogP contribution in [0.5, 0.6) is 0 Å². The van der Waals surface area contributed by atoms with Crippen LogP contribution < -0.4 is 46.2 Å². The van der Waals surface area contributed by atoms with E-state index < -0.39 is 22.0 Å². The first kappa shape index (κ1) is 31.9. The average Bonchev–Trinajstić information content (AvgIpc) is 2.91. The summed E-state index contributed by atoms with van der Waals surface area (Å²) < 4.78 is 30.9. The van der Waals surface area contributed by atoms with E-state index in [-0.39, 0.29) is 35.1 Å². The molecular weight excluding hydrogens is 467 g/mol. The van der Waals surface area contributed by atoms with Crippen molar-refractivity contribution in [3.05, 3.63) is 83.1 Å². The van der Waals surface area contributed by atoms with Crippen molar-refractivity contribution in [1.29, 1.82) is 0 Å². The first-order valence-electron chi connectivity index (χ1n) is 10.2. The monoisotopic (exact) mass is 500 g/mol. The first-order valence-corrected chi connectivity index (χ1v) is 11.8. The molecule has 0 saturated heterocycles. The molecule has 2 aromatic carbocycles. The minimum Gasteiger partial charge on any atom is -0.424 e. The Balaban J connectivity index is 0.000000504. The van der Waals surface area contributed by atoms with Crippen molar-refractivity contribution < 1.29 is 47.6 Å². The predicted octanol–water partition coefficient (Wildman–Crippen LogP) is -0.433. The Bertz CT molecular complexity index is 1180. The number of anilines is 2. The maximum absolute atomic E-state index is 11.8. The minimum atomic E-state index is -4.04. The number of rotatable bonds is 5. The number of nitrogens with two attached hydrogens (primary N) is 1. The van der Waals surface area contributed by atoms with Gasteiger partial charge >= 0.3 is 29.6 Å². The van der Waals surface area contributed by atoms with Gasteiger partial charge in [-0.15, -0.1) is 0 Å². The minimum absolute atomic E-state index is 0. The standard InChI is InChI=1S/C11H13N3O.C9H13N.C3H7O4S.Na/c1-8-10(12)11(15)14(13(8)2)9-6-4-3-5-7-9;1-3-10-9-6-4-5-8(2)7-9;1-3(4)2-8(5,6)7;/h3-7H,12H2,1-2H3;4-7,10H,3H2,1-2H3;3-4H,1-2H2,(H,5,6,7);/q;;-1;+1. The van der Waals surface area contributed by atoms with E-state index in [4.69, 9.17) is 15.4 Å². The molecule has 3 aromatic rings. The molecule has 1 heterocycles. The van der Waals surface area contributed by atoms with Gasteiger partial charge in [-0.2, -0.15) is 8.42 Å². The van der Waals surface area contributed by atoms with Gasteiger partial charge < -0.3 is 23.1 Å². The van der Waals surface area contributed by atoms with Gasteiger partial charge in [0.05, 0.1) is 17.1 Å². The zero-order valence-electron chi connectivity index (χ0n) is 20.4. The number of hydrogen-bond donors (Lipinski definition) is 4. The van der Waals surface area contributed by atoms with Crippen molar-refractivity contribution in [1.82, 2.24) is 9.36 Å². The molecule has 34 heavy (non-hydrogen) atoms. The van der Waals surface area contributed by atoms with Crippen LogP contribution in [0.25, 0.3) is 5.69 Å². The Morgan fingerprint density at radius 2 is 1.71 bits per heavy atom. The third-order valence-corrected chi connectivity index (χ3v) is 5.21. The third kappa shape index (κ3) is 10.9. The van der Waals surface area contributed by atoms with Crippen LogP contribution in [0.15, 0.2) is 59.4 Å². The average molecular weight is 501 g/mol. The van der Waals surface area contributed by atoms with E-state index in [0.717, 1.165) is 17.9 Å². The molecule has 1 atom stereocenters. The van der Waals surface area contributed by atoms with Gasteiger partial charge in [0.1, 0.15) is 5.69 Å². The second kappa shape index (κ2) is 15.0. The molecule has 0 fully saturated rings. The summed E-state index contributed by atoms with van der Waals surface area (Å²) >= 11 is 0. The summed E-state index contributed by atoms with van der Waals surface area (Å²) in [5.41, 5.74) is 9.95. The van der Waals surface area contributed by atoms with E-state index in [1.54, 1.807) is 9.36 Å². The molecule has 5 N–H and O–H groups in total. The predicted molar refractivity (Wildman–Crippen MR) is 133 cm³/mol. The summed E-state index contributed by atoms with van der Waals surface area (Å²) in [5, 5.41) is 11.5. The number of nitrogen functional groups attached to an aromatic ring is 1. The summed E-state index contributed by atoms with van der Waals surface area (Å²) in [6, 6.07) is 17.8. The quantitative estimate of drug-likeness (QED) is 0.212. The fraction of sp³-hybridized carbons (Fsp3) is 0.304. The molecule has 1 unspecified atom stereocenters. The Hall–Kier alpha value is -2.08. The zero-order chi connectivity index (χ0) is 25.2. The molecule has 0 aliphatic carbocycles. The molecule has 0 saturated carbocycles. The largest absolute Gasteiger partial charge is 1.00 e. The SMILES string of the molecule is CCNc1cccc(C)c1.Cc1c(N)c(=O)n(-c2ccccc2)n1C.[CH2-]C(O)CS(=O)(=O)O.[Na+]. The molecule has 0 amide bonds. The molecule has 182 valence electrons. The Kier molecular flexibility index (Phi) is 14.1. The zero-order valence-corrected chi connectivity index (χ0v) is 23.2. The summed E-state index contributed by atoms with van der Waals surface area (Å²) in [6.45, 7) is 9.96. The van der Waals surface area contributed by atoms with Gasteiger partial charge in [0.2, 0.25) is 0 Å². The molecule has 0 aliphatic heterocycles. The maximum Gasteiger partial charge on any atom is 1.00 e. The molecule has 0 radical (unpaired) electrons. The van der Waals surface area contributed by atoms with Crippen LogP contribution in [-0.4, -0.2) is 45.8 Å². The molecule has 3 rings (SSSR count).